The number of aryl methyl sites for hydroxylation is 4. The zero-order chi connectivity index (χ0) is 35.0. The summed E-state index contributed by atoms with van der Waals surface area (Å²) < 4.78 is 29.3. The Hall–Kier alpha value is -2.76. The van der Waals surface area contributed by atoms with Gasteiger partial charge < -0.3 is 24.8 Å². The number of hydrogen-bond donors (Lipinski definition) is 0. The molecule has 2 aliphatic heterocycles. The third-order valence-electron chi connectivity index (χ3n) is 10.6. The summed E-state index contributed by atoms with van der Waals surface area (Å²) in [6.07, 6.45) is 6.69. The van der Waals surface area contributed by atoms with E-state index in [2.05, 4.69) is 110 Å². The van der Waals surface area contributed by atoms with Gasteiger partial charge in [-0.25, -0.2) is 0 Å². The van der Waals surface area contributed by atoms with Gasteiger partial charge in [0.2, 0.25) is 0 Å². The predicted molar refractivity (Wildman–Crippen MR) is 201 cm³/mol. The fourth-order valence-electron chi connectivity index (χ4n) is 8.88. The van der Waals surface area contributed by atoms with Gasteiger partial charge in [0, 0.05) is 0 Å². The van der Waals surface area contributed by atoms with Gasteiger partial charge in [0.15, 0.2) is 0 Å². The molecular formula is C44H48Cl2O4SiZr. The summed E-state index contributed by atoms with van der Waals surface area (Å²) in [6.45, 7) is 23.5. The van der Waals surface area contributed by atoms with Gasteiger partial charge in [0.05, 0.1) is 0 Å². The van der Waals surface area contributed by atoms with Gasteiger partial charge in [0.25, 0.3) is 0 Å². The third-order valence-corrected chi connectivity index (χ3v) is 27.6. The molecule has 2 aromatic carbocycles. The van der Waals surface area contributed by atoms with Crippen LogP contribution in [0.1, 0.15) is 67.0 Å². The van der Waals surface area contributed by atoms with Crippen molar-refractivity contribution in [1.82, 2.24) is 0 Å². The Morgan fingerprint density at radius 3 is 1.44 bits per heavy atom. The van der Waals surface area contributed by atoms with Crippen LogP contribution in [0.5, 0.6) is 0 Å². The number of fused-ring (bicyclic) bond motifs is 2. The van der Waals surface area contributed by atoms with Crippen molar-refractivity contribution in [3.63, 3.8) is 0 Å². The predicted octanol–water partition coefficient (Wildman–Crippen LogP) is 4.39. The van der Waals surface area contributed by atoms with E-state index in [-0.39, 0.29) is 24.8 Å². The summed E-state index contributed by atoms with van der Waals surface area (Å²) in [6, 6.07) is 13.8. The molecule has 8 heteroatoms. The molecule has 270 valence electrons. The number of hydrogen-bond acceptors (Lipinski definition) is 4. The number of allylic oxidation sites excluding steroid dienone is 12. The fourth-order valence-corrected chi connectivity index (χ4v) is 27.0. The normalized spacial score (nSPS) is 18.9. The molecule has 0 radical (unpaired) electrons. The minimum atomic E-state index is -2.58. The largest absolute Gasteiger partial charge is 1.00 e. The van der Waals surface area contributed by atoms with Crippen LogP contribution in [0.15, 0.2) is 112 Å². The molecule has 0 saturated carbocycles. The van der Waals surface area contributed by atoms with E-state index in [1.807, 2.05) is 0 Å². The first-order valence-corrected chi connectivity index (χ1v) is 26.8. The third kappa shape index (κ3) is 6.65. The van der Waals surface area contributed by atoms with Crippen LogP contribution in [0.4, 0.5) is 0 Å². The molecule has 4 nitrogen and oxygen atoms in total. The second-order valence-electron chi connectivity index (χ2n) is 15.2. The summed E-state index contributed by atoms with van der Waals surface area (Å²) in [7, 11) is 0. The van der Waals surface area contributed by atoms with Gasteiger partial charge in [-0.2, -0.15) is 0 Å². The molecule has 6 aliphatic rings. The standard InChI is InChI=1S/C22H23O2.C20H19O2.C2H6Si.2ClH.Zr/c1-13(2)16-10-17-12-20-22(24-6-5-23-20)21(19(17)11-16)18-8-14(3)7-15(4)9-18;1-12-6-13(2)9-16(8-12)19-17-10-14(3)7-15(17)11-18-20(19)22-5-4-21-18;1-3-2;;;/h7-9,11,13H,5-6,12H2,1-4H3;6,8-10H,4-5,11H2,1-3H3;1-2H3;2*1H;/q;;;;;+2/p-2. The Bertz CT molecular complexity index is 2160. The van der Waals surface area contributed by atoms with Gasteiger partial charge in [-0.05, 0) is 0 Å². The van der Waals surface area contributed by atoms with Crippen LogP contribution in [0.3, 0.4) is 0 Å². The number of benzene rings is 2. The molecule has 0 atom stereocenters. The molecule has 2 heterocycles. The summed E-state index contributed by atoms with van der Waals surface area (Å²) in [4.78, 5) is 0. The van der Waals surface area contributed by atoms with E-state index in [1.165, 1.54) is 78.0 Å². The molecule has 0 unspecified atom stereocenters. The van der Waals surface area contributed by atoms with Crippen LogP contribution >= 0.6 is 0 Å². The molecule has 0 aromatic heterocycles. The molecule has 0 amide bonds. The van der Waals surface area contributed by atoms with E-state index in [1.54, 1.807) is 6.56 Å². The molecule has 0 bridgehead atoms. The molecular weight excluding hydrogens is 783 g/mol. The van der Waals surface area contributed by atoms with Crippen LogP contribution in [-0.4, -0.2) is 31.9 Å². The molecule has 0 fully saturated rings. The summed E-state index contributed by atoms with van der Waals surface area (Å²) >= 11 is -2.58. The van der Waals surface area contributed by atoms with Gasteiger partial charge in [-0.15, -0.1) is 0 Å². The smallest absolute Gasteiger partial charge is 1.00 e. The van der Waals surface area contributed by atoms with E-state index in [0.29, 0.717) is 32.3 Å². The second-order valence-corrected chi connectivity index (χ2v) is 31.9. The molecule has 0 saturated heterocycles. The van der Waals surface area contributed by atoms with Crippen molar-refractivity contribution in [2.24, 2.45) is 5.92 Å². The van der Waals surface area contributed by atoms with E-state index < -0.39 is 25.8 Å². The molecule has 2 aromatic rings. The van der Waals surface area contributed by atoms with Crippen molar-refractivity contribution in [1.29, 1.82) is 0 Å². The zero-order valence-corrected chi connectivity index (χ0v) is 36.8. The second kappa shape index (κ2) is 15.2. The first kappa shape index (κ1) is 38.9. The van der Waals surface area contributed by atoms with Crippen molar-refractivity contribution in [3.8, 4) is 0 Å². The first-order chi connectivity index (χ1) is 24.0. The number of halogens is 2. The topological polar surface area (TPSA) is 36.9 Å². The number of rotatable bonds is 5. The van der Waals surface area contributed by atoms with Crippen LogP contribution in [-0.2, 0) is 39.3 Å². The van der Waals surface area contributed by atoms with Crippen LogP contribution in [0.2, 0.25) is 13.1 Å². The maximum absolute atomic E-state index is 6.50. The van der Waals surface area contributed by atoms with Crippen LogP contribution in [0.25, 0.3) is 11.1 Å². The fraction of sp³-hybridized carbons (Fsp3) is 0.364. The van der Waals surface area contributed by atoms with Crippen molar-refractivity contribution < 1.29 is 64.1 Å². The SMILES string of the molecule is CC1=CC2=C(c3cc(C)cc(C)c3)C3=C(CC2=[C]1[Zr+2]([C]1=C2CC4=C(OCCO4)C(c4cc(C)cc(C)c4)=C2C=C1C(C)C)=[Si](C)C)OCCO3.[Cl-].[Cl-]. The van der Waals surface area contributed by atoms with E-state index >= 15 is 0 Å². The maximum Gasteiger partial charge on any atom is -1.00 e. The Labute approximate surface area is 330 Å². The summed E-state index contributed by atoms with van der Waals surface area (Å²) in [5.74, 6) is 4.34. The molecule has 4 aliphatic carbocycles. The average Bonchev–Trinajstić information content (AvgIpc) is 3.58. The average molecular weight is 831 g/mol. The van der Waals surface area contributed by atoms with Crippen molar-refractivity contribution in [2.45, 2.75) is 74.4 Å². The summed E-state index contributed by atoms with van der Waals surface area (Å²) in [5, 5.41) is 0. The molecule has 8 rings (SSSR count). The van der Waals surface area contributed by atoms with Crippen molar-refractivity contribution in [3.05, 3.63) is 145 Å². The van der Waals surface area contributed by atoms with Gasteiger partial charge in [-0.3, -0.25) is 0 Å². The molecule has 0 N–H and O–H groups in total. The Kier molecular flexibility index (Phi) is 11.4. The van der Waals surface area contributed by atoms with Crippen molar-refractivity contribution >= 4 is 16.6 Å². The molecule has 52 heavy (non-hydrogen) atoms. The van der Waals surface area contributed by atoms with Crippen LogP contribution < -0.4 is 24.8 Å². The number of ether oxygens (including phenoxy) is 4. The Balaban J connectivity index is 0.00000232. The van der Waals surface area contributed by atoms with Gasteiger partial charge in [-0.1, -0.05) is 0 Å². The maximum atomic E-state index is 6.50. The minimum Gasteiger partial charge on any atom is -1.00 e. The van der Waals surface area contributed by atoms with Crippen LogP contribution in [0, 0.1) is 33.6 Å². The zero-order valence-electron chi connectivity index (χ0n) is 31.8. The van der Waals surface area contributed by atoms with Gasteiger partial charge in [0.1, 0.15) is 0 Å². The minimum absolute atomic E-state index is 0. The molecule has 0 spiro atoms. The summed E-state index contributed by atoms with van der Waals surface area (Å²) in [5.41, 5.74) is 18.0. The first-order valence-electron chi connectivity index (χ1n) is 18.2. The monoisotopic (exact) mass is 828 g/mol. The quantitative estimate of drug-likeness (QED) is 0.420. The van der Waals surface area contributed by atoms with Gasteiger partial charge >= 0.3 is 308 Å². The Morgan fingerprint density at radius 1 is 0.577 bits per heavy atom. The van der Waals surface area contributed by atoms with E-state index in [0.717, 1.165) is 35.9 Å². The van der Waals surface area contributed by atoms with Crippen molar-refractivity contribution in [2.75, 3.05) is 26.4 Å². The van der Waals surface area contributed by atoms with E-state index in [4.69, 9.17) is 18.9 Å². The Morgan fingerprint density at radius 2 is 1.00 bits per heavy atom. The van der Waals surface area contributed by atoms with E-state index in [9.17, 15) is 0 Å².